The molecule has 0 unspecified atom stereocenters. The quantitative estimate of drug-likeness (QED) is 0.827. The molecule has 82 valence electrons. The van der Waals surface area contributed by atoms with Crippen molar-refractivity contribution in [1.82, 2.24) is 5.32 Å². The van der Waals surface area contributed by atoms with Gasteiger partial charge in [-0.15, -0.1) is 22.9 Å². The zero-order valence-corrected chi connectivity index (χ0v) is 9.95. The average Bonchev–Trinajstić information content (AvgIpc) is 2.85. The molecule has 0 bridgehead atoms. The van der Waals surface area contributed by atoms with Crippen LogP contribution in [0, 0.1) is 0 Å². The number of carbonyl (C=O) groups is 1. The van der Waals surface area contributed by atoms with Crippen LogP contribution in [0.1, 0.15) is 22.5 Å². The van der Waals surface area contributed by atoms with Crippen LogP contribution in [0.15, 0.2) is 11.4 Å². The van der Waals surface area contributed by atoms with E-state index in [1.807, 2.05) is 5.38 Å². The highest BCUT2D eigenvalue weighted by molar-refractivity contribution is 7.12. The number of carbonyl (C=O) groups excluding carboxylic acids is 1. The monoisotopic (exact) mass is 245 g/mol. The maximum absolute atomic E-state index is 11.8. The van der Waals surface area contributed by atoms with Crippen molar-refractivity contribution in [1.29, 1.82) is 0 Å². The fourth-order valence-electron chi connectivity index (χ4n) is 1.29. The average molecular weight is 246 g/mol. The molecule has 1 aromatic heterocycles. The maximum Gasteiger partial charge on any atom is 0.261 e. The van der Waals surface area contributed by atoms with Gasteiger partial charge in [-0.25, -0.2) is 0 Å². The number of methoxy groups -OCH3 is 1. The zero-order valence-electron chi connectivity index (χ0n) is 8.38. The summed E-state index contributed by atoms with van der Waals surface area (Å²) in [7, 11) is 1.59. The molecule has 5 heteroatoms. The first-order chi connectivity index (χ1) is 7.19. The van der Waals surface area contributed by atoms with Gasteiger partial charge in [-0.05, 0) is 12.8 Å². The fourth-order valence-corrected chi connectivity index (χ4v) is 2.37. The highest BCUT2D eigenvalue weighted by Gasteiger charge is 2.43. The van der Waals surface area contributed by atoms with Crippen molar-refractivity contribution in [3.63, 3.8) is 0 Å². The minimum absolute atomic E-state index is 0.0542. The summed E-state index contributed by atoms with van der Waals surface area (Å²) in [4.78, 5) is 12.4. The molecule has 0 radical (unpaired) electrons. The standard InChI is InChI=1S/C10H12ClNO2S/c1-14-7-4-8(15-5-7)9(13)12-10(6-11)2-3-10/h4-5H,2-3,6H2,1H3,(H,12,13). The Balaban J connectivity index is 2.01. The molecule has 1 heterocycles. The van der Waals surface area contributed by atoms with Gasteiger partial charge in [0.05, 0.1) is 17.5 Å². The van der Waals surface area contributed by atoms with E-state index < -0.39 is 0 Å². The molecule has 0 atom stereocenters. The predicted octanol–water partition coefficient (Wildman–Crippen LogP) is 2.26. The predicted molar refractivity (Wildman–Crippen MR) is 61.0 cm³/mol. The fraction of sp³-hybridized carbons (Fsp3) is 0.500. The van der Waals surface area contributed by atoms with Gasteiger partial charge in [-0.3, -0.25) is 4.79 Å². The topological polar surface area (TPSA) is 38.3 Å². The molecule has 1 amide bonds. The third kappa shape index (κ3) is 2.26. The molecule has 1 fully saturated rings. The molecule has 3 nitrogen and oxygen atoms in total. The number of nitrogens with one attached hydrogen (secondary N) is 1. The second kappa shape index (κ2) is 4.02. The van der Waals surface area contributed by atoms with E-state index in [1.165, 1.54) is 11.3 Å². The summed E-state index contributed by atoms with van der Waals surface area (Å²) in [5, 5.41) is 4.77. The van der Waals surface area contributed by atoms with E-state index in [4.69, 9.17) is 16.3 Å². The lowest BCUT2D eigenvalue weighted by molar-refractivity contribution is 0.0940. The first kappa shape index (κ1) is 10.8. The highest BCUT2D eigenvalue weighted by Crippen LogP contribution is 2.37. The van der Waals surface area contributed by atoms with Gasteiger partial charge >= 0.3 is 0 Å². The Bertz CT molecular complexity index is 373. The van der Waals surface area contributed by atoms with Crippen LogP contribution in [0.3, 0.4) is 0 Å². The van der Waals surface area contributed by atoms with E-state index in [1.54, 1.807) is 13.2 Å². The largest absolute Gasteiger partial charge is 0.496 e. The molecule has 0 saturated heterocycles. The molecule has 1 N–H and O–H groups in total. The second-order valence-corrected chi connectivity index (χ2v) is 4.90. The van der Waals surface area contributed by atoms with Crippen molar-refractivity contribution in [3.05, 3.63) is 16.3 Å². The number of rotatable bonds is 4. The van der Waals surface area contributed by atoms with Crippen LogP contribution in [-0.4, -0.2) is 24.4 Å². The van der Waals surface area contributed by atoms with E-state index in [2.05, 4.69) is 5.32 Å². The van der Waals surface area contributed by atoms with Crippen LogP contribution >= 0.6 is 22.9 Å². The van der Waals surface area contributed by atoms with E-state index in [9.17, 15) is 4.79 Å². The molecule has 2 rings (SSSR count). The summed E-state index contributed by atoms with van der Waals surface area (Å²) in [5.74, 6) is 1.16. The minimum Gasteiger partial charge on any atom is -0.496 e. The summed E-state index contributed by atoms with van der Waals surface area (Å²) in [6, 6.07) is 1.74. The van der Waals surface area contributed by atoms with E-state index in [0.717, 1.165) is 18.6 Å². The van der Waals surface area contributed by atoms with Crippen LogP contribution < -0.4 is 10.1 Å². The third-order valence-electron chi connectivity index (χ3n) is 2.52. The highest BCUT2D eigenvalue weighted by atomic mass is 35.5. The Morgan fingerprint density at radius 1 is 1.73 bits per heavy atom. The number of ether oxygens (including phenoxy) is 1. The molecule has 1 aliphatic carbocycles. The minimum atomic E-state index is -0.143. The molecule has 0 spiro atoms. The number of halogens is 1. The van der Waals surface area contributed by atoms with Crippen molar-refractivity contribution >= 4 is 28.8 Å². The van der Waals surface area contributed by atoms with Crippen molar-refractivity contribution in [2.45, 2.75) is 18.4 Å². The van der Waals surface area contributed by atoms with Crippen molar-refractivity contribution < 1.29 is 9.53 Å². The van der Waals surface area contributed by atoms with Crippen molar-refractivity contribution in [3.8, 4) is 5.75 Å². The van der Waals surface area contributed by atoms with Gasteiger partial charge in [0.15, 0.2) is 0 Å². The number of hydrogen-bond donors (Lipinski definition) is 1. The van der Waals surface area contributed by atoms with Crippen molar-refractivity contribution in [2.75, 3.05) is 13.0 Å². The van der Waals surface area contributed by atoms with Crippen LogP contribution in [0.25, 0.3) is 0 Å². The van der Waals surface area contributed by atoms with Crippen LogP contribution in [0.2, 0.25) is 0 Å². The van der Waals surface area contributed by atoms with E-state index in [-0.39, 0.29) is 11.4 Å². The van der Waals surface area contributed by atoms with Crippen LogP contribution in [-0.2, 0) is 0 Å². The normalized spacial score (nSPS) is 17.2. The van der Waals surface area contributed by atoms with Gasteiger partial charge in [0, 0.05) is 17.3 Å². The van der Waals surface area contributed by atoms with Gasteiger partial charge < -0.3 is 10.1 Å². The number of amides is 1. The van der Waals surface area contributed by atoms with Gasteiger partial charge in [0.25, 0.3) is 5.91 Å². The zero-order chi connectivity index (χ0) is 10.9. The summed E-state index contributed by atoms with van der Waals surface area (Å²) in [6.07, 6.45) is 1.95. The van der Waals surface area contributed by atoms with Crippen LogP contribution in [0.5, 0.6) is 5.75 Å². The molecular weight excluding hydrogens is 234 g/mol. The lowest BCUT2D eigenvalue weighted by atomic mass is 10.3. The summed E-state index contributed by atoms with van der Waals surface area (Å²) >= 11 is 7.16. The number of thiophene rings is 1. The molecule has 0 aliphatic heterocycles. The lowest BCUT2D eigenvalue weighted by Gasteiger charge is -2.12. The van der Waals surface area contributed by atoms with Gasteiger partial charge in [-0.1, -0.05) is 0 Å². The molecule has 0 aromatic carbocycles. The maximum atomic E-state index is 11.8. The Labute approximate surface area is 97.4 Å². The third-order valence-corrected chi connectivity index (χ3v) is 3.94. The summed E-state index contributed by atoms with van der Waals surface area (Å²) in [6.45, 7) is 0. The Morgan fingerprint density at radius 3 is 2.93 bits per heavy atom. The first-order valence-electron chi connectivity index (χ1n) is 4.70. The smallest absolute Gasteiger partial charge is 0.261 e. The lowest BCUT2D eigenvalue weighted by Crippen LogP contribution is -2.37. The summed E-state index contributed by atoms with van der Waals surface area (Å²) in [5.41, 5.74) is -0.143. The SMILES string of the molecule is COc1csc(C(=O)NC2(CCl)CC2)c1. The summed E-state index contributed by atoms with van der Waals surface area (Å²) < 4.78 is 5.02. The molecular formula is C10H12ClNO2S. The molecule has 1 aliphatic rings. The molecule has 1 aromatic rings. The van der Waals surface area contributed by atoms with Crippen LogP contribution in [0.4, 0.5) is 0 Å². The molecule has 15 heavy (non-hydrogen) atoms. The first-order valence-corrected chi connectivity index (χ1v) is 6.11. The van der Waals surface area contributed by atoms with E-state index >= 15 is 0 Å². The van der Waals surface area contributed by atoms with Gasteiger partial charge in [0.1, 0.15) is 5.75 Å². The van der Waals surface area contributed by atoms with Crippen molar-refractivity contribution in [2.24, 2.45) is 0 Å². The van der Waals surface area contributed by atoms with E-state index in [0.29, 0.717) is 10.8 Å². The van der Waals surface area contributed by atoms with Gasteiger partial charge in [0.2, 0.25) is 0 Å². The van der Waals surface area contributed by atoms with Gasteiger partial charge in [-0.2, -0.15) is 0 Å². The number of hydrogen-bond acceptors (Lipinski definition) is 3. The Morgan fingerprint density at radius 2 is 2.47 bits per heavy atom. The number of alkyl halides is 1. The second-order valence-electron chi connectivity index (χ2n) is 3.72. The Hall–Kier alpha value is -0.740. The Kier molecular flexibility index (Phi) is 2.89. The molecule has 1 saturated carbocycles.